The van der Waals surface area contributed by atoms with Gasteiger partial charge in [0.1, 0.15) is 6.33 Å². The Balaban J connectivity index is 1.66. The number of nitrogens with zero attached hydrogens (tertiary/aromatic N) is 5. The summed E-state index contributed by atoms with van der Waals surface area (Å²) in [6.07, 6.45) is 2.68. The molecule has 0 saturated carbocycles. The molecule has 2 aromatic heterocycles. The van der Waals surface area contributed by atoms with Gasteiger partial charge in [0, 0.05) is 17.8 Å². The zero-order chi connectivity index (χ0) is 17.8. The Morgan fingerprint density at radius 1 is 1.20 bits per heavy atom. The monoisotopic (exact) mass is 338 g/mol. The molecule has 0 saturated heterocycles. The number of carbonyl (C=O) groups excluding carboxylic acids is 1. The number of aryl methyl sites for hydroxylation is 3. The molecule has 2 heterocycles. The van der Waals surface area contributed by atoms with Crippen LogP contribution in [0.4, 0.5) is 0 Å². The SMILES string of the molecule is CCCn1cnnc1CNC(=O)c1ccc(-n2nc(C)cc2C)cc1. The quantitative estimate of drug-likeness (QED) is 0.749. The van der Waals surface area contributed by atoms with Crippen molar-refractivity contribution in [3.05, 3.63) is 59.4 Å². The standard InChI is InChI=1S/C18H22N6O/c1-4-9-23-12-20-21-17(23)11-19-18(25)15-5-7-16(8-6-15)24-14(3)10-13(2)22-24/h5-8,10,12H,4,9,11H2,1-3H3,(H,19,25). The first-order valence-corrected chi connectivity index (χ1v) is 8.37. The van der Waals surface area contributed by atoms with Crippen LogP contribution in [0.3, 0.4) is 0 Å². The first kappa shape index (κ1) is 16.9. The fourth-order valence-corrected chi connectivity index (χ4v) is 2.75. The fourth-order valence-electron chi connectivity index (χ4n) is 2.75. The predicted octanol–water partition coefficient (Wildman–Crippen LogP) is 2.42. The molecule has 1 aromatic carbocycles. The maximum Gasteiger partial charge on any atom is 0.251 e. The van der Waals surface area contributed by atoms with Crippen LogP contribution in [0.15, 0.2) is 36.7 Å². The third-order valence-electron chi connectivity index (χ3n) is 3.95. The fraction of sp³-hybridized carbons (Fsp3) is 0.333. The van der Waals surface area contributed by atoms with Crippen LogP contribution in [0.2, 0.25) is 0 Å². The van der Waals surface area contributed by atoms with E-state index in [-0.39, 0.29) is 5.91 Å². The number of nitrogens with one attached hydrogen (secondary N) is 1. The first-order valence-electron chi connectivity index (χ1n) is 8.37. The molecule has 0 radical (unpaired) electrons. The van der Waals surface area contributed by atoms with Gasteiger partial charge >= 0.3 is 0 Å². The largest absolute Gasteiger partial charge is 0.345 e. The minimum absolute atomic E-state index is 0.133. The van der Waals surface area contributed by atoms with E-state index in [0.29, 0.717) is 12.1 Å². The molecule has 0 aliphatic heterocycles. The summed E-state index contributed by atoms with van der Waals surface area (Å²) in [5.41, 5.74) is 3.57. The van der Waals surface area contributed by atoms with Crippen LogP contribution in [0.1, 0.15) is 40.9 Å². The highest BCUT2D eigenvalue weighted by Crippen LogP contribution is 2.13. The molecule has 25 heavy (non-hydrogen) atoms. The molecule has 0 atom stereocenters. The van der Waals surface area contributed by atoms with Crippen LogP contribution in [0.25, 0.3) is 5.69 Å². The van der Waals surface area contributed by atoms with Crippen molar-refractivity contribution in [3.8, 4) is 5.69 Å². The molecule has 0 aliphatic carbocycles. The van der Waals surface area contributed by atoms with Crippen molar-refractivity contribution in [2.24, 2.45) is 0 Å². The number of benzene rings is 1. The highest BCUT2D eigenvalue weighted by atomic mass is 16.1. The molecule has 0 spiro atoms. The Kier molecular flexibility index (Phi) is 4.92. The van der Waals surface area contributed by atoms with Gasteiger partial charge in [-0.1, -0.05) is 6.92 Å². The van der Waals surface area contributed by atoms with Crippen molar-refractivity contribution in [2.75, 3.05) is 0 Å². The Hall–Kier alpha value is -2.96. The molecule has 0 unspecified atom stereocenters. The molecule has 0 fully saturated rings. The molecule has 7 heteroatoms. The second-order valence-electron chi connectivity index (χ2n) is 6.01. The number of amides is 1. The van der Waals surface area contributed by atoms with Gasteiger partial charge in [-0.3, -0.25) is 4.79 Å². The van der Waals surface area contributed by atoms with Crippen molar-refractivity contribution >= 4 is 5.91 Å². The van der Waals surface area contributed by atoms with Crippen LogP contribution < -0.4 is 5.32 Å². The molecule has 1 amide bonds. The van der Waals surface area contributed by atoms with Crippen LogP contribution in [-0.2, 0) is 13.1 Å². The lowest BCUT2D eigenvalue weighted by Gasteiger charge is -2.08. The van der Waals surface area contributed by atoms with Gasteiger partial charge in [0.15, 0.2) is 5.82 Å². The zero-order valence-electron chi connectivity index (χ0n) is 14.7. The molecular formula is C18H22N6O. The Labute approximate surface area is 146 Å². The molecule has 130 valence electrons. The summed E-state index contributed by atoms with van der Waals surface area (Å²) in [7, 11) is 0. The molecule has 7 nitrogen and oxygen atoms in total. The predicted molar refractivity (Wildman–Crippen MR) is 94.5 cm³/mol. The smallest absolute Gasteiger partial charge is 0.251 e. The third-order valence-corrected chi connectivity index (χ3v) is 3.95. The summed E-state index contributed by atoms with van der Waals surface area (Å²) < 4.78 is 3.82. The van der Waals surface area contributed by atoms with Crippen molar-refractivity contribution < 1.29 is 4.79 Å². The summed E-state index contributed by atoms with van der Waals surface area (Å²) >= 11 is 0. The van der Waals surface area contributed by atoms with Crippen LogP contribution in [-0.4, -0.2) is 30.5 Å². The van der Waals surface area contributed by atoms with E-state index in [4.69, 9.17) is 0 Å². The van der Waals surface area contributed by atoms with Gasteiger partial charge in [0.05, 0.1) is 17.9 Å². The molecule has 0 aliphatic rings. The van der Waals surface area contributed by atoms with Gasteiger partial charge in [-0.25, -0.2) is 4.68 Å². The Morgan fingerprint density at radius 2 is 1.96 bits per heavy atom. The highest BCUT2D eigenvalue weighted by molar-refractivity contribution is 5.94. The maximum atomic E-state index is 12.3. The minimum Gasteiger partial charge on any atom is -0.345 e. The average Bonchev–Trinajstić information content (AvgIpc) is 3.19. The number of rotatable bonds is 6. The Bertz CT molecular complexity index is 862. The highest BCUT2D eigenvalue weighted by Gasteiger charge is 2.10. The van der Waals surface area contributed by atoms with E-state index in [1.54, 1.807) is 18.5 Å². The lowest BCUT2D eigenvalue weighted by Crippen LogP contribution is -2.24. The topological polar surface area (TPSA) is 77.6 Å². The lowest BCUT2D eigenvalue weighted by atomic mass is 10.2. The van der Waals surface area contributed by atoms with Crippen LogP contribution >= 0.6 is 0 Å². The summed E-state index contributed by atoms with van der Waals surface area (Å²) in [4.78, 5) is 12.3. The number of hydrogen-bond acceptors (Lipinski definition) is 4. The van der Waals surface area contributed by atoms with E-state index < -0.39 is 0 Å². The van der Waals surface area contributed by atoms with Crippen LogP contribution in [0, 0.1) is 13.8 Å². The molecule has 0 bridgehead atoms. The van der Waals surface area contributed by atoms with E-state index >= 15 is 0 Å². The first-order chi connectivity index (χ1) is 12.1. The van der Waals surface area contributed by atoms with Gasteiger partial charge in [0.2, 0.25) is 0 Å². The van der Waals surface area contributed by atoms with E-state index in [1.165, 1.54) is 0 Å². The lowest BCUT2D eigenvalue weighted by molar-refractivity contribution is 0.0949. The van der Waals surface area contributed by atoms with Gasteiger partial charge in [-0.05, 0) is 50.6 Å². The van der Waals surface area contributed by atoms with E-state index in [1.807, 2.05) is 41.3 Å². The molecular weight excluding hydrogens is 316 g/mol. The second-order valence-corrected chi connectivity index (χ2v) is 6.01. The zero-order valence-corrected chi connectivity index (χ0v) is 14.7. The average molecular weight is 338 g/mol. The number of carbonyl (C=O) groups is 1. The van der Waals surface area contributed by atoms with E-state index in [0.717, 1.165) is 35.9 Å². The number of hydrogen-bond donors (Lipinski definition) is 1. The minimum atomic E-state index is -0.133. The van der Waals surface area contributed by atoms with Gasteiger partial charge < -0.3 is 9.88 Å². The maximum absolute atomic E-state index is 12.3. The normalized spacial score (nSPS) is 10.8. The third kappa shape index (κ3) is 3.76. The number of aromatic nitrogens is 5. The van der Waals surface area contributed by atoms with Crippen molar-refractivity contribution in [3.63, 3.8) is 0 Å². The summed E-state index contributed by atoms with van der Waals surface area (Å²) in [5.74, 6) is 0.625. The van der Waals surface area contributed by atoms with E-state index in [9.17, 15) is 4.79 Å². The van der Waals surface area contributed by atoms with Crippen LogP contribution in [0.5, 0.6) is 0 Å². The van der Waals surface area contributed by atoms with Crippen molar-refractivity contribution in [1.82, 2.24) is 29.9 Å². The summed E-state index contributed by atoms with van der Waals surface area (Å²) in [5, 5.41) is 15.3. The van der Waals surface area contributed by atoms with Crippen molar-refractivity contribution in [2.45, 2.75) is 40.3 Å². The molecule has 1 N–H and O–H groups in total. The van der Waals surface area contributed by atoms with Gasteiger partial charge in [-0.15, -0.1) is 10.2 Å². The van der Waals surface area contributed by atoms with Gasteiger partial charge in [-0.2, -0.15) is 5.10 Å². The van der Waals surface area contributed by atoms with Gasteiger partial charge in [0.25, 0.3) is 5.91 Å². The molecule has 3 aromatic rings. The summed E-state index contributed by atoms with van der Waals surface area (Å²) in [6, 6.07) is 9.42. The Morgan fingerprint density at radius 3 is 2.60 bits per heavy atom. The second kappa shape index (κ2) is 7.29. The van der Waals surface area contributed by atoms with E-state index in [2.05, 4.69) is 27.5 Å². The van der Waals surface area contributed by atoms with Crippen molar-refractivity contribution in [1.29, 1.82) is 0 Å². The summed E-state index contributed by atoms with van der Waals surface area (Å²) in [6.45, 7) is 7.26. The molecule has 3 rings (SSSR count).